The van der Waals surface area contributed by atoms with Gasteiger partial charge in [-0.15, -0.1) is 0 Å². The Balaban J connectivity index is 2.21. The molecule has 0 aliphatic heterocycles. The SMILES string of the molecule is CCCn1cncc1CNCCCCO. The van der Waals surface area contributed by atoms with E-state index in [1.165, 1.54) is 5.69 Å². The molecule has 0 bridgehead atoms. The summed E-state index contributed by atoms with van der Waals surface area (Å²) in [5.41, 5.74) is 1.24. The van der Waals surface area contributed by atoms with Crippen LogP contribution in [0.25, 0.3) is 0 Å². The summed E-state index contributed by atoms with van der Waals surface area (Å²) in [7, 11) is 0. The molecule has 0 aliphatic rings. The normalized spacial score (nSPS) is 10.8. The third-order valence-electron chi connectivity index (χ3n) is 2.33. The maximum Gasteiger partial charge on any atom is 0.0948 e. The highest BCUT2D eigenvalue weighted by Gasteiger charge is 1.99. The van der Waals surface area contributed by atoms with Crippen molar-refractivity contribution in [3.05, 3.63) is 18.2 Å². The number of unbranched alkanes of at least 4 members (excludes halogenated alkanes) is 1. The number of aromatic nitrogens is 2. The van der Waals surface area contributed by atoms with Crippen molar-refractivity contribution in [2.24, 2.45) is 0 Å². The van der Waals surface area contributed by atoms with E-state index in [-0.39, 0.29) is 6.61 Å². The molecule has 2 N–H and O–H groups in total. The second-order valence-electron chi connectivity index (χ2n) is 3.69. The van der Waals surface area contributed by atoms with Gasteiger partial charge >= 0.3 is 0 Å². The second-order valence-corrected chi connectivity index (χ2v) is 3.69. The fourth-order valence-electron chi connectivity index (χ4n) is 1.52. The van der Waals surface area contributed by atoms with Crippen molar-refractivity contribution < 1.29 is 5.11 Å². The van der Waals surface area contributed by atoms with Crippen LogP contribution in [0.15, 0.2) is 12.5 Å². The molecule has 0 unspecified atom stereocenters. The van der Waals surface area contributed by atoms with Crippen LogP contribution in [0.4, 0.5) is 0 Å². The van der Waals surface area contributed by atoms with Gasteiger partial charge in [0.15, 0.2) is 0 Å². The van der Waals surface area contributed by atoms with Crippen molar-refractivity contribution in [2.75, 3.05) is 13.2 Å². The molecular weight excluding hydrogens is 190 g/mol. The van der Waals surface area contributed by atoms with Crippen molar-refractivity contribution in [1.82, 2.24) is 14.9 Å². The summed E-state index contributed by atoms with van der Waals surface area (Å²) < 4.78 is 2.18. The summed E-state index contributed by atoms with van der Waals surface area (Å²) in [6.07, 6.45) is 6.83. The molecule has 0 amide bonds. The van der Waals surface area contributed by atoms with E-state index in [1.807, 2.05) is 12.5 Å². The van der Waals surface area contributed by atoms with E-state index in [0.717, 1.165) is 38.9 Å². The lowest BCUT2D eigenvalue weighted by Gasteiger charge is -2.07. The topological polar surface area (TPSA) is 50.1 Å². The number of aliphatic hydroxyl groups excluding tert-OH is 1. The van der Waals surface area contributed by atoms with Crippen molar-refractivity contribution in [3.63, 3.8) is 0 Å². The van der Waals surface area contributed by atoms with Crippen LogP contribution in [0.5, 0.6) is 0 Å². The summed E-state index contributed by atoms with van der Waals surface area (Å²) in [5, 5.41) is 12.0. The van der Waals surface area contributed by atoms with Gasteiger partial charge in [-0.1, -0.05) is 6.92 Å². The quantitative estimate of drug-likeness (QED) is 0.634. The Kier molecular flexibility index (Phi) is 6.04. The van der Waals surface area contributed by atoms with Gasteiger partial charge in [-0.2, -0.15) is 0 Å². The average molecular weight is 211 g/mol. The van der Waals surface area contributed by atoms with Gasteiger partial charge in [-0.25, -0.2) is 4.98 Å². The molecule has 0 saturated heterocycles. The van der Waals surface area contributed by atoms with Crippen LogP contribution < -0.4 is 5.32 Å². The Bertz CT molecular complexity index is 260. The highest BCUT2D eigenvalue weighted by Crippen LogP contribution is 2.00. The highest BCUT2D eigenvalue weighted by molar-refractivity contribution is 4.97. The molecule has 0 spiro atoms. The molecule has 1 aromatic rings. The van der Waals surface area contributed by atoms with E-state index in [2.05, 4.69) is 21.8 Å². The van der Waals surface area contributed by atoms with E-state index in [1.54, 1.807) is 0 Å². The fraction of sp³-hybridized carbons (Fsp3) is 0.727. The molecule has 15 heavy (non-hydrogen) atoms. The van der Waals surface area contributed by atoms with Crippen molar-refractivity contribution in [3.8, 4) is 0 Å². The Morgan fingerprint density at radius 2 is 2.33 bits per heavy atom. The first-order valence-corrected chi connectivity index (χ1v) is 5.69. The molecule has 1 rings (SSSR count). The average Bonchev–Trinajstić information content (AvgIpc) is 2.66. The largest absolute Gasteiger partial charge is 0.396 e. The minimum atomic E-state index is 0.287. The predicted octanol–water partition coefficient (Wildman–Crippen LogP) is 1.16. The molecule has 0 aliphatic carbocycles. The Hall–Kier alpha value is -0.870. The number of aryl methyl sites for hydroxylation is 1. The number of nitrogens with zero attached hydrogens (tertiary/aromatic N) is 2. The number of hydrogen-bond acceptors (Lipinski definition) is 3. The number of rotatable bonds is 8. The van der Waals surface area contributed by atoms with Crippen LogP contribution in [-0.2, 0) is 13.1 Å². The monoisotopic (exact) mass is 211 g/mol. The fourth-order valence-corrected chi connectivity index (χ4v) is 1.52. The maximum absolute atomic E-state index is 8.62. The summed E-state index contributed by atoms with van der Waals surface area (Å²) in [5.74, 6) is 0. The third kappa shape index (κ3) is 4.44. The minimum Gasteiger partial charge on any atom is -0.396 e. The van der Waals surface area contributed by atoms with Gasteiger partial charge in [0, 0.05) is 25.9 Å². The summed E-state index contributed by atoms with van der Waals surface area (Å²) in [4.78, 5) is 4.14. The molecule has 0 aromatic carbocycles. The van der Waals surface area contributed by atoms with Crippen LogP contribution in [0, 0.1) is 0 Å². The summed E-state index contributed by atoms with van der Waals surface area (Å²) in [6.45, 7) is 5.31. The summed E-state index contributed by atoms with van der Waals surface area (Å²) >= 11 is 0. The third-order valence-corrected chi connectivity index (χ3v) is 2.33. The number of nitrogens with one attached hydrogen (secondary N) is 1. The van der Waals surface area contributed by atoms with Crippen LogP contribution in [-0.4, -0.2) is 27.8 Å². The Labute approximate surface area is 91.3 Å². The molecule has 1 heterocycles. The molecule has 0 radical (unpaired) electrons. The van der Waals surface area contributed by atoms with Gasteiger partial charge in [0.1, 0.15) is 0 Å². The van der Waals surface area contributed by atoms with Crippen molar-refractivity contribution in [1.29, 1.82) is 0 Å². The minimum absolute atomic E-state index is 0.287. The molecule has 0 atom stereocenters. The first-order valence-electron chi connectivity index (χ1n) is 5.69. The lowest BCUT2D eigenvalue weighted by atomic mass is 10.3. The Morgan fingerprint density at radius 1 is 1.47 bits per heavy atom. The smallest absolute Gasteiger partial charge is 0.0948 e. The molecule has 86 valence electrons. The van der Waals surface area contributed by atoms with Gasteiger partial charge < -0.3 is 15.0 Å². The van der Waals surface area contributed by atoms with Crippen molar-refractivity contribution in [2.45, 2.75) is 39.3 Å². The lowest BCUT2D eigenvalue weighted by Crippen LogP contribution is -2.17. The van der Waals surface area contributed by atoms with E-state index in [9.17, 15) is 0 Å². The number of hydrogen-bond donors (Lipinski definition) is 2. The van der Waals surface area contributed by atoms with E-state index >= 15 is 0 Å². The first kappa shape index (κ1) is 12.2. The second kappa shape index (κ2) is 7.43. The summed E-state index contributed by atoms with van der Waals surface area (Å²) in [6, 6.07) is 0. The number of aliphatic hydroxyl groups is 1. The number of imidazole rings is 1. The zero-order valence-electron chi connectivity index (χ0n) is 9.45. The van der Waals surface area contributed by atoms with Gasteiger partial charge in [-0.05, 0) is 25.8 Å². The lowest BCUT2D eigenvalue weighted by molar-refractivity contribution is 0.283. The van der Waals surface area contributed by atoms with Gasteiger partial charge in [0.25, 0.3) is 0 Å². The zero-order valence-corrected chi connectivity index (χ0v) is 9.45. The van der Waals surface area contributed by atoms with Crippen LogP contribution in [0.1, 0.15) is 31.9 Å². The van der Waals surface area contributed by atoms with Crippen LogP contribution in [0.3, 0.4) is 0 Å². The first-order chi connectivity index (χ1) is 7.38. The molecule has 4 nitrogen and oxygen atoms in total. The molecule has 0 saturated carbocycles. The molecule has 1 aromatic heterocycles. The van der Waals surface area contributed by atoms with Gasteiger partial charge in [0.2, 0.25) is 0 Å². The van der Waals surface area contributed by atoms with Crippen LogP contribution >= 0.6 is 0 Å². The zero-order chi connectivity index (χ0) is 10.9. The van der Waals surface area contributed by atoms with Crippen LogP contribution in [0.2, 0.25) is 0 Å². The van der Waals surface area contributed by atoms with E-state index in [4.69, 9.17) is 5.11 Å². The molecule has 0 fully saturated rings. The Morgan fingerprint density at radius 3 is 3.07 bits per heavy atom. The molecule has 4 heteroatoms. The van der Waals surface area contributed by atoms with Gasteiger partial charge in [-0.3, -0.25) is 0 Å². The predicted molar refractivity (Wildman–Crippen MR) is 60.5 cm³/mol. The van der Waals surface area contributed by atoms with E-state index < -0.39 is 0 Å². The standard InChI is InChI=1S/C11H21N3O/c1-2-6-14-10-13-9-11(14)8-12-5-3-4-7-15/h9-10,12,15H,2-8H2,1H3. The highest BCUT2D eigenvalue weighted by atomic mass is 16.2. The maximum atomic E-state index is 8.62. The van der Waals surface area contributed by atoms with Gasteiger partial charge in [0.05, 0.1) is 12.0 Å². The molecular formula is C11H21N3O. The van der Waals surface area contributed by atoms with E-state index in [0.29, 0.717) is 0 Å². The van der Waals surface area contributed by atoms with Crippen molar-refractivity contribution >= 4 is 0 Å².